The van der Waals surface area contributed by atoms with Crippen LogP contribution in [-0.2, 0) is 11.3 Å². The molecule has 0 saturated carbocycles. The number of hydrogen-bond donors (Lipinski definition) is 1. The Labute approximate surface area is 156 Å². The number of ether oxygens (including phenoxy) is 3. The number of methoxy groups -OCH3 is 2. The van der Waals surface area contributed by atoms with Gasteiger partial charge < -0.3 is 24.1 Å². The summed E-state index contributed by atoms with van der Waals surface area (Å²) in [5.41, 5.74) is 0.331. The van der Waals surface area contributed by atoms with Crippen LogP contribution < -0.4 is 15.0 Å². The van der Waals surface area contributed by atoms with E-state index in [1.54, 1.807) is 31.1 Å². The quantitative estimate of drug-likeness (QED) is 0.838. The van der Waals surface area contributed by atoms with Gasteiger partial charge >= 0.3 is 6.09 Å². The summed E-state index contributed by atoms with van der Waals surface area (Å²) in [7, 11) is 3.07. The lowest BCUT2D eigenvalue weighted by molar-refractivity contribution is 0.0772. The molecule has 1 aromatic carbocycles. The van der Waals surface area contributed by atoms with Crippen LogP contribution in [0.1, 0.15) is 12.7 Å². The molecular formula is C18H24N4O5. The molecule has 2 heterocycles. The number of hydrogen-bond acceptors (Lipinski definition) is 7. The maximum absolute atomic E-state index is 12.4. The predicted molar refractivity (Wildman–Crippen MR) is 99.3 cm³/mol. The number of nitrogens with one attached hydrogen (secondary N) is 1. The molecule has 0 bridgehead atoms. The fraction of sp³-hybridized carbons (Fsp3) is 0.500. The highest BCUT2D eigenvalue weighted by atomic mass is 16.6. The number of amides is 1. The van der Waals surface area contributed by atoms with Crippen LogP contribution in [0.5, 0.6) is 11.5 Å². The number of H-pyrrole nitrogens is 1. The molecule has 0 unspecified atom stereocenters. The molecule has 1 aliphatic rings. The third kappa shape index (κ3) is 4.13. The molecule has 1 aromatic heterocycles. The molecule has 1 aliphatic heterocycles. The molecule has 9 heteroatoms. The van der Waals surface area contributed by atoms with E-state index in [-0.39, 0.29) is 11.7 Å². The molecule has 1 saturated heterocycles. The number of benzene rings is 1. The van der Waals surface area contributed by atoms with E-state index >= 15 is 0 Å². The van der Waals surface area contributed by atoms with Crippen molar-refractivity contribution in [2.24, 2.45) is 0 Å². The Morgan fingerprint density at radius 1 is 1.15 bits per heavy atom. The van der Waals surface area contributed by atoms with Gasteiger partial charge in [0.05, 0.1) is 38.3 Å². The summed E-state index contributed by atoms with van der Waals surface area (Å²) >= 11 is 0. The molecule has 146 valence electrons. The summed E-state index contributed by atoms with van der Waals surface area (Å²) in [5, 5.41) is 0.448. The fourth-order valence-corrected chi connectivity index (χ4v) is 3.10. The molecule has 0 radical (unpaired) electrons. The van der Waals surface area contributed by atoms with Crippen LogP contribution in [0.2, 0.25) is 0 Å². The van der Waals surface area contributed by atoms with Crippen LogP contribution in [0.4, 0.5) is 4.79 Å². The Bertz CT molecular complexity index is 874. The first-order valence-corrected chi connectivity index (χ1v) is 8.84. The first-order chi connectivity index (χ1) is 13.0. The van der Waals surface area contributed by atoms with Crippen LogP contribution in [0.15, 0.2) is 16.9 Å². The van der Waals surface area contributed by atoms with Gasteiger partial charge in [0.1, 0.15) is 5.82 Å². The average Bonchev–Trinajstić information content (AvgIpc) is 2.67. The van der Waals surface area contributed by atoms with Crippen LogP contribution in [-0.4, -0.2) is 72.9 Å². The van der Waals surface area contributed by atoms with Crippen LogP contribution >= 0.6 is 0 Å². The smallest absolute Gasteiger partial charge is 0.409 e. The Hall–Kier alpha value is -2.81. The number of nitrogens with zero attached hydrogens (tertiary/aromatic N) is 3. The second kappa shape index (κ2) is 8.26. The lowest BCUT2D eigenvalue weighted by atomic mass is 10.2. The van der Waals surface area contributed by atoms with Crippen molar-refractivity contribution < 1.29 is 19.0 Å². The maximum Gasteiger partial charge on any atom is 0.409 e. The number of carbonyl (C=O) groups is 1. The van der Waals surface area contributed by atoms with Crippen molar-refractivity contribution in [2.45, 2.75) is 13.5 Å². The molecule has 3 rings (SSSR count). The molecule has 9 nitrogen and oxygen atoms in total. The number of aromatic amines is 1. The number of aromatic nitrogens is 2. The number of fused-ring (bicyclic) bond motifs is 1. The van der Waals surface area contributed by atoms with Gasteiger partial charge in [-0.2, -0.15) is 0 Å². The summed E-state index contributed by atoms with van der Waals surface area (Å²) < 4.78 is 15.6. The van der Waals surface area contributed by atoms with Gasteiger partial charge in [0, 0.05) is 32.2 Å². The van der Waals surface area contributed by atoms with Gasteiger partial charge in [0.25, 0.3) is 5.56 Å². The number of rotatable bonds is 5. The highest BCUT2D eigenvalue weighted by Crippen LogP contribution is 2.29. The van der Waals surface area contributed by atoms with Crippen molar-refractivity contribution >= 4 is 17.0 Å². The maximum atomic E-state index is 12.4. The third-order valence-corrected chi connectivity index (χ3v) is 4.53. The van der Waals surface area contributed by atoms with Gasteiger partial charge in [-0.3, -0.25) is 9.69 Å². The zero-order chi connectivity index (χ0) is 19.4. The predicted octanol–water partition coefficient (Wildman–Crippen LogP) is 1.21. The summed E-state index contributed by atoms with van der Waals surface area (Å²) in [5.74, 6) is 1.58. The minimum absolute atomic E-state index is 0.221. The normalized spacial score (nSPS) is 15.0. The van der Waals surface area contributed by atoms with Gasteiger partial charge in [-0.15, -0.1) is 0 Å². The molecule has 1 amide bonds. The lowest BCUT2D eigenvalue weighted by Crippen LogP contribution is -2.48. The SMILES string of the molecule is CCOC(=O)N1CCN(Cc2nc3cc(OC)c(OC)cc3c(=O)[nH]2)CC1. The minimum Gasteiger partial charge on any atom is -0.493 e. The van der Waals surface area contributed by atoms with Gasteiger partial charge in [-0.25, -0.2) is 9.78 Å². The average molecular weight is 376 g/mol. The Morgan fingerprint density at radius 3 is 2.44 bits per heavy atom. The highest BCUT2D eigenvalue weighted by molar-refractivity contribution is 5.81. The second-order valence-electron chi connectivity index (χ2n) is 6.20. The topological polar surface area (TPSA) is 97.0 Å². The summed E-state index contributed by atoms with van der Waals surface area (Å²) in [6, 6.07) is 3.33. The van der Waals surface area contributed by atoms with E-state index in [4.69, 9.17) is 14.2 Å². The monoisotopic (exact) mass is 376 g/mol. The van der Waals surface area contributed by atoms with E-state index in [0.717, 1.165) is 0 Å². The van der Waals surface area contributed by atoms with Crippen LogP contribution in [0, 0.1) is 0 Å². The largest absolute Gasteiger partial charge is 0.493 e. The van der Waals surface area contributed by atoms with E-state index in [1.165, 1.54) is 7.11 Å². The number of carbonyl (C=O) groups excluding carboxylic acids is 1. The molecule has 27 heavy (non-hydrogen) atoms. The zero-order valence-corrected chi connectivity index (χ0v) is 15.8. The van der Waals surface area contributed by atoms with E-state index in [2.05, 4.69) is 14.9 Å². The van der Waals surface area contributed by atoms with Gasteiger partial charge in [-0.1, -0.05) is 0 Å². The highest BCUT2D eigenvalue weighted by Gasteiger charge is 2.22. The molecule has 0 spiro atoms. The summed E-state index contributed by atoms with van der Waals surface area (Å²) in [4.78, 5) is 35.4. The van der Waals surface area contributed by atoms with Gasteiger partial charge in [0.2, 0.25) is 0 Å². The first kappa shape index (κ1) is 19.0. The zero-order valence-electron chi connectivity index (χ0n) is 15.8. The number of piperazine rings is 1. The van der Waals surface area contributed by atoms with Gasteiger partial charge in [-0.05, 0) is 13.0 Å². The Kier molecular flexibility index (Phi) is 5.80. The Morgan fingerprint density at radius 2 is 1.81 bits per heavy atom. The van der Waals surface area contributed by atoms with Crippen LogP contribution in [0.25, 0.3) is 10.9 Å². The second-order valence-corrected chi connectivity index (χ2v) is 6.20. The minimum atomic E-state index is -0.282. The molecule has 1 fully saturated rings. The van der Waals surface area contributed by atoms with E-state index in [1.807, 2.05) is 0 Å². The molecule has 0 atom stereocenters. The van der Waals surface area contributed by atoms with E-state index in [0.29, 0.717) is 67.6 Å². The Balaban J connectivity index is 1.74. The van der Waals surface area contributed by atoms with Crippen molar-refractivity contribution in [3.8, 4) is 11.5 Å². The molecule has 2 aromatic rings. The third-order valence-electron chi connectivity index (χ3n) is 4.53. The van der Waals surface area contributed by atoms with Crippen molar-refractivity contribution in [1.82, 2.24) is 19.8 Å². The van der Waals surface area contributed by atoms with Crippen molar-refractivity contribution in [1.29, 1.82) is 0 Å². The first-order valence-electron chi connectivity index (χ1n) is 8.84. The standard InChI is InChI=1S/C18H24N4O5/c1-4-27-18(24)22-7-5-21(6-8-22)11-16-19-13-10-15(26-3)14(25-2)9-12(13)17(23)20-16/h9-10H,4-8,11H2,1-3H3,(H,19,20,23). The fourth-order valence-electron chi connectivity index (χ4n) is 3.10. The van der Waals surface area contributed by atoms with Crippen LogP contribution in [0.3, 0.4) is 0 Å². The summed E-state index contributed by atoms with van der Waals surface area (Å²) in [6.45, 7) is 5.20. The van der Waals surface area contributed by atoms with E-state index < -0.39 is 0 Å². The molecule has 0 aliphatic carbocycles. The van der Waals surface area contributed by atoms with E-state index in [9.17, 15) is 9.59 Å². The molecular weight excluding hydrogens is 352 g/mol. The van der Waals surface area contributed by atoms with Gasteiger partial charge in [0.15, 0.2) is 11.5 Å². The van der Waals surface area contributed by atoms with Crippen molar-refractivity contribution in [2.75, 3.05) is 47.0 Å². The van der Waals surface area contributed by atoms with Crippen molar-refractivity contribution in [3.05, 3.63) is 28.3 Å². The van der Waals surface area contributed by atoms with Crippen molar-refractivity contribution in [3.63, 3.8) is 0 Å². The molecule has 1 N–H and O–H groups in total. The lowest BCUT2D eigenvalue weighted by Gasteiger charge is -2.33. The summed E-state index contributed by atoms with van der Waals surface area (Å²) in [6.07, 6.45) is -0.282.